The zero-order valence-electron chi connectivity index (χ0n) is 15.0. The lowest BCUT2D eigenvalue weighted by atomic mass is 10.0. The number of rotatable bonds is 6. The molecule has 0 radical (unpaired) electrons. The Hall–Kier alpha value is -2.97. The Bertz CT molecular complexity index is 986. The first-order valence-electron chi connectivity index (χ1n) is 8.51. The van der Waals surface area contributed by atoms with Crippen molar-refractivity contribution in [1.29, 1.82) is 0 Å². The number of thiophene rings is 1. The SMILES string of the molecule is O=C(OCc1cccc(C(F)(F)F)c1)C(=Cc1cccs1)C(O)c1cccnc1. The average molecular weight is 419 g/mol. The molecule has 150 valence electrons. The van der Waals surface area contributed by atoms with Crippen LogP contribution in [0.4, 0.5) is 13.2 Å². The van der Waals surface area contributed by atoms with Gasteiger partial charge in [-0.1, -0.05) is 24.3 Å². The van der Waals surface area contributed by atoms with Gasteiger partial charge in [-0.25, -0.2) is 4.79 Å². The highest BCUT2D eigenvalue weighted by Gasteiger charge is 2.30. The molecule has 2 aromatic heterocycles. The topological polar surface area (TPSA) is 59.4 Å². The number of alkyl halides is 3. The minimum Gasteiger partial charge on any atom is -0.457 e. The number of pyridine rings is 1. The van der Waals surface area contributed by atoms with Crippen LogP contribution in [-0.4, -0.2) is 16.1 Å². The van der Waals surface area contributed by atoms with Crippen molar-refractivity contribution in [1.82, 2.24) is 4.98 Å². The second kappa shape index (κ2) is 9.02. The number of halogens is 3. The van der Waals surface area contributed by atoms with E-state index in [1.54, 1.807) is 24.3 Å². The number of aromatic nitrogens is 1. The number of aliphatic hydroxyl groups excluding tert-OH is 1. The van der Waals surface area contributed by atoms with E-state index in [0.717, 1.165) is 17.0 Å². The molecule has 8 heteroatoms. The van der Waals surface area contributed by atoms with Crippen LogP contribution in [0.5, 0.6) is 0 Å². The minimum absolute atomic E-state index is 0.0348. The number of hydrogen-bond donors (Lipinski definition) is 1. The quantitative estimate of drug-likeness (QED) is 0.450. The van der Waals surface area contributed by atoms with Crippen LogP contribution in [0.15, 0.2) is 71.9 Å². The van der Waals surface area contributed by atoms with Gasteiger partial charge in [-0.2, -0.15) is 13.2 Å². The predicted octanol–water partition coefficient (Wildman–Crippen LogP) is 5.02. The molecule has 2 heterocycles. The van der Waals surface area contributed by atoms with Gasteiger partial charge in [0.2, 0.25) is 0 Å². The molecule has 0 amide bonds. The standard InChI is InChI=1S/C21H16F3NO3S/c22-21(23,24)16-6-1-4-14(10-16)13-28-20(27)18(11-17-7-3-9-29-17)19(26)15-5-2-8-25-12-15/h1-12,19,26H,13H2. The molecule has 3 aromatic rings. The molecule has 0 aliphatic rings. The number of hydrogen-bond acceptors (Lipinski definition) is 5. The molecule has 0 aliphatic heterocycles. The van der Waals surface area contributed by atoms with Gasteiger partial charge in [0, 0.05) is 22.8 Å². The van der Waals surface area contributed by atoms with Gasteiger partial charge < -0.3 is 9.84 Å². The van der Waals surface area contributed by atoms with E-state index in [0.29, 0.717) is 5.56 Å². The molecular weight excluding hydrogens is 403 g/mol. The maximum Gasteiger partial charge on any atom is 0.416 e. The summed E-state index contributed by atoms with van der Waals surface area (Å²) in [6.45, 7) is -0.357. The van der Waals surface area contributed by atoms with E-state index in [1.807, 2.05) is 5.38 Å². The summed E-state index contributed by atoms with van der Waals surface area (Å²) in [5.41, 5.74) is -0.269. The highest BCUT2D eigenvalue weighted by atomic mass is 32.1. The smallest absolute Gasteiger partial charge is 0.416 e. The largest absolute Gasteiger partial charge is 0.457 e. The van der Waals surface area contributed by atoms with Gasteiger partial charge in [0.15, 0.2) is 0 Å². The first-order valence-corrected chi connectivity index (χ1v) is 9.39. The predicted molar refractivity (Wildman–Crippen MR) is 103 cm³/mol. The Kier molecular flexibility index (Phi) is 6.46. The number of nitrogens with zero attached hydrogens (tertiary/aromatic N) is 1. The summed E-state index contributed by atoms with van der Waals surface area (Å²) in [7, 11) is 0. The van der Waals surface area contributed by atoms with E-state index in [2.05, 4.69) is 4.98 Å². The average Bonchev–Trinajstić information content (AvgIpc) is 3.23. The highest BCUT2D eigenvalue weighted by Crippen LogP contribution is 2.30. The zero-order valence-corrected chi connectivity index (χ0v) is 15.8. The molecule has 0 spiro atoms. The number of benzene rings is 1. The second-order valence-electron chi connectivity index (χ2n) is 6.08. The highest BCUT2D eigenvalue weighted by molar-refractivity contribution is 7.10. The van der Waals surface area contributed by atoms with Crippen molar-refractivity contribution in [3.05, 3.63) is 93.4 Å². The number of ether oxygens (including phenoxy) is 1. The number of carbonyl (C=O) groups is 1. The Morgan fingerprint density at radius 3 is 2.69 bits per heavy atom. The zero-order chi connectivity index (χ0) is 20.9. The Morgan fingerprint density at radius 2 is 2.03 bits per heavy atom. The van der Waals surface area contributed by atoms with Crippen molar-refractivity contribution in [2.45, 2.75) is 18.9 Å². The van der Waals surface area contributed by atoms with Crippen molar-refractivity contribution in [2.75, 3.05) is 0 Å². The molecule has 0 fully saturated rings. The number of esters is 1. The molecule has 29 heavy (non-hydrogen) atoms. The molecule has 0 aliphatic carbocycles. The Morgan fingerprint density at radius 1 is 1.21 bits per heavy atom. The van der Waals surface area contributed by atoms with E-state index in [-0.39, 0.29) is 17.7 Å². The second-order valence-corrected chi connectivity index (χ2v) is 7.06. The summed E-state index contributed by atoms with van der Waals surface area (Å²) in [5.74, 6) is -0.827. The summed E-state index contributed by atoms with van der Waals surface area (Å²) in [4.78, 5) is 17.3. The van der Waals surface area contributed by atoms with Gasteiger partial charge in [0.25, 0.3) is 0 Å². The first-order chi connectivity index (χ1) is 13.8. The molecule has 4 nitrogen and oxygen atoms in total. The van der Waals surface area contributed by atoms with Gasteiger partial charge in [-0.15, -0.1) is 11.3 Å². The van der Waals surface area contributed by atoms with Crippen LogP contribution in [0.2, 0.25) is 0 Å². The van der Waals surface area contributed by atoms with Crippen LogP contribution in [0, 0.1) is 0 Å². The van der Waals surface area contributed by atoms with Crippen LogP contribution < -0.4 is 0 Å². The van der Waals surface area contributed by atoms with Crippen LogP contribution in [0.3, 0.4) is 0 Å². The molecule has 0 bridgehead atoms. The van der Waals surface area contributed by atoms with E-state index in [9.17, 15) is 23.1 Å². The Labute approximate surface area is 168 Å². The summed E-state index contributed by atoms with van der Waals surface area (Å²) in [5, 5.41) is 12.5. The van der Waals surface area contributed by atoms with Gasteiger partial charge in [-0.05, 0) is 41.3 Å². The van der Waals surface area contributed by atoms with Gasteiger partial charge in [0.1, 0.15) is 12.7 Å². The van der Waals surface area contributed by atoms with Gasteiger partial charge in [-0.3, -0.25) is 4.98 Å². The molecule has 3 rings (SSSR count). The van der Waals surface area contributed by atoms with Gasteiger partial charge in [0.05, 0.1) is 11.1 Å². The lowest BCUT2D eigenvalue weighted by Crippen LogP contribution is -2.15. The maximum atomic E-state index is 12.8. The first kappa shape index (κ1) is 20.8. The molecule has 1 unspecified atom stereocenters. The molecular formula is C21H16F3NO3S. The van der Waals surface area contributed by atoms with E-state index in [1.165, 1.54) is 41.9 Å². The van der Waals surface area contributed by atoms with Crippen LogP contribution in [0.25, 0.3) is 6.08 Å². The van der Waals surface area contributed by atoms with Crippen molar-refractivity contribution < 1.29 is 27.8 Å². The van der Waals surface area contributed by atoms with E-state index in [4.69, 9.17) is 4.74 Å². The third-order valence-corrected chi connectivity index (χ3v) is 4.81. The fraction of sp³-hybridized carbons (Fsp3) is 0.143. The number of aliphatic hydroxyl groups is 1. The van der Waals surface area contributed by atoms with E-state index < -0.39 is 23.8 Å². The molecule has 1 aromatic carbocycles. The fourth-order valence-electron chi connectivity index (χ4n) is 2.56. The summed E-state index contributed by atoms with van der Waals surface area (Å²) < 4.78 is 43.7. The van der Waals surface area contributed by atoms with Crippen molar-refractivity contribution in [2.24, 2.45) is 0 Å². The molecule has 1 atom stereocenters. The summed E-state index contributed by atoms with van der Waals surface area (Å²) in [6, 6.07) is 11.3. The van der Waals surface area contributed by atoms with Crippen molar-refractivity contribution in [3.63, 3.8) is 0 Å². The molecule has 1 N–H and O–H groups in total. The summed E-state index contributed by atoms with van der Waals surface area (Å²) in [6.07, 6.45) is -1.32. The third kappa shape index (κ3) is 5.52. The lowest BCUT2D eigenvalue weighted by molar-refractivity contribution is -0.141. The van der Waals surface area contributed by atoms with Gasteiger partial charge >= 0.3 is 12.1 Å². The van der Waals surface area contributed by atoms with Crippen LogP contribution in [-0.2, 0) is 22.3 Å². The fourth-order valence-corrected chi connectivity index (χ4v) is 3.23. The van der Waals surface area contributed by atoms with Crippen LogP contribution >= 0.6 is 11.3 Å². The lowest BCUT2D eigenvalue weighted by Gasteiger charge is -2.15. The van der Waals surface area contributed by atoms with Crippen molar-refractivity contribution >= 4 is 23.4 Å². The normalized spacial score (nSPS) is 13.2. The molecule has 0 saturated carbocycles. The summed E-state index contributed by atoms with van der Waals surface area (Å²) >= 11 is 1.36. The number of carbonyl (C=O) groups excluding carboxylic acids is 1. The van der Waals surface area contributed by atoms with Crippen LogP contribution in [0.1, 0.15) is 27.7 Å². The molecule has 0 saturated heterocycles. The minimum atomic E-state index is -4.49. The van der Waals surface area contributed by atoms with Crippen molar-refractivity contribution in [3.8, 4) is 0 Å². The monoisotopic (exact) mass is 419 g/mol. The van der Waals surface area contributed by atoms with E-state index >= 15 is 0 Å². The maximum absolute atomic E-state index is 12.8. The third-order valence-electron chi connectivity index (χ3n) is 4.00. The Balaban J connectivity index is 1.81.